The lowest BCUT2D eigenvalue weighted by Crippen LogP contribution is -2.31. The maximum atomic E-state index is 12.8. The van der Waals surface area contributed by atoms with Crippen molar-refractivity contribution in [2.24, 2.45) is 0 Å². The molecule has 0 aromatic heterocycles. The first-order valence-corrected chi connectivity index (χ1v) is 10.1. The summed E-state index contributed by atoms with van der Waals surface area (Å²) in [7, 11) is -2.83. The first-order valence-electron chi connectivity index (χ1n) is 7.03. The maximum absolute atomic E-state index is 12.8. The van der Waals surface area contributed by atoms with Crippen LogP contribution in [-0.2, 0) is 19.6 Å². The number of esters is 1. The monoisotopic (exact) mass is 465 g/mol. The second kappa shape index (κ2) is 8.51. The van der Waals surface area contributed by atoms with E-state index in [1.54, 1.807) is 30.3 Å². The largest absolute Gasteiger partial charge is 0.469 e. The fourth-order valence-corrected chi connectivity index (χ4v) is 4.79. The number of benzene rings is 2. The van der Waals surface area contributed by atoms with E-state index in [0.717, 1.165) is 4.47 Å². The Kier molecular flexibility index (Phi) is 6.87. The lowest BCUT2D eigenvalue weighted by Gasteiger charge is -2.19. The minimum atomic E-state index is -4.07. The van der Waals surface area contributed by atoms with Gasteiger partial charge in [0.2, 0.25) is 10.0 Å². The molecule has 0 aliphatic rings. The fraction of sp³-hybridized carbons (Fsp3) is 0.188. The topological polar surface area (TPSA) is 72.5 Å². The molecule has 5 nitrogen and oxygen atoms in total. The normalized spacial score (nSPS) is 12.6. The van der Waals surface area contributed by atoms with Crippen molar-refractivity contribution in [3.8, 4) is 0 Å². The molecular weight excluding hydrogens is 453 g/mol. The molecule has 2 aromatic carbocycles. The van der Waals surface area contributed by atoms with Gasteiger partial charge in [0.1, 0.15) is 4.90 Å². The Labute approximate surface area is 164 Å². The van der Waals surface area contributed by atoms with Crippen molar-refractivity contribution in [3.63, 3.8) is 0 Å². The Morgan fingerprint density at radius 2 is 1.72 bits per heavy atom. The van der Waals surface area contributed by atoms with Crippen molar-refractivity contribution in [2.75, 3.05) is 7.11 Å². The van der Waals surface area contributed by atoms with E-state index < -0.39 is 22.0 Å². The average molecular weight is 467 g/mol. The summed E-state index contributed by atoms with van der Waals surface area (Å²) in [5.74, 6) is -0.555. The molecule has 0 saturated carbocycles. The van der Waals surface area contributed by atoms with Crippen LogP contribution >= 0.6 is 39.1 Å². The highest BCUT2D eigenvalue weighted by atomic mass is 79.9. The number of rotatable bonds is 6. The lowest BCUT2D eigenvalue weighted by molar-refractivity contribution is -0.141. The van der Waals surface area contributed by atoms with E-state index in [4.69, 9.17) is 23.2 Å². The van der Waals surface area contributed by atoms with Crippen LogP contribution in [0.3, 0.4) is 0 Å². The highest BCUT2D eigenvalue weighted by Gasteiger charge is 2.27. The molecule has 134 valence electrons. The van der Waals surface area contributed by atoms with Crippen LogP contribution in [0.15, 0.2) is 51.8 Å². The summed E-state index contributed by atoms with van der Waals surface area (Å²) in [4.78, 5) is 11.5. The van der Waals surface area contributed by atoms with Gasteiger partial charge >= 0.3 is 5.97 Å². The third kappa shape index (κ3) is 5.18. The molecule has 0 fully saturated rings. The van der Waals surface area contributed by atoms with Crippen LogP contribution in [0, 0.1) is 0 Å². The summed E-state index contributed by atoms with van der Waals surface area (Å²) >= 11 is 15.3. The second-order valence-corrected chi connectivity index (χ2v) is 8.44. The van der Waals surface area contributed by atoms with Gasteiger partial charge in [-0.05, 0) is 29.8 Å². The van der Waals surface area contributed by atoms with Crippen LogP contribution in [0.2, 0.25) is 10.0 Å². The van der Waals surface area contributed by atoms with Crippen molar-refractivity contribution < 1.29 is 17.9 Å². The second-order valence-electron chi connectivity index (χ2n) is 5.06. The molecule has 0 spiro atoms. The third-order valence-electron chi connectivity index (χ3n) is 3.36. The Morgan fingerprint density at radius 3 is 2.24 bits per heavy atom. The van der Waals surface area contributed by atoms with Crippen molar-refractivity contribution >= 4 is 55.1 Å². The molecule has 0 aliphatic heterocycles. The van der Waals surface area contributed by atoms with Gasteiger partial charge in [-0.15, -0.1) is 0 Å². The maximum Gasteiger partial charge on any atom is 0.307 e. The van der Waals surface area contributed by atoms with E-state index >= 15 is 0 Å². The van der Waals surface area contributed by atoms with Gasteiger partial charge in [-0.3, -0.25) is 4.79 Å². The van der Waals surface area contributed by atoms with Crippen molar-refractivity contribution in [1.82, 2.24) is 4.72 Å². The van der Waals surface area contributed by atoms with E-state index in [0.29, 0.717) is 5.56 Å². The summed E-state index contributed by atoms with van der Waals surface area (Å²) in [5, 5.41) is -0.0137. The van der Waals surface area contributed by atoms with Crippen LogP contribution < -0.4 is 4.72 Å². The highest BCUT2D eigenvalue weighted by molar-refractivity contribution is 9.10. The van der Waals surface area contributed by atoms with Gasteiger partial charge in [-0.25, -0.2) is 13.1 Å². The summed E-state index contributed by atoms with van der Waals surface area (Å²) in [6, 6.07) is 10.5. The zero-order chi connectivity index (χ0) is 18.6. The molecule has 0 heterocycles. The van der Waals surface area contributed by atoms with E-state index in [1.807, 2.05) is 0 Å². The van der Waals surface area contributed by atoms with Crippen LogP contribution in [-0.4, -0.2) is 21.5 Å². The smallest absolute Gasteiger partial charge is 0.307 e. The number of carbonyl (C=O) groups excluding carboxylic acids is 1. The quantitative estimate of drug-likeness (QED) is 0.642. The molecule has 1 atom stereocenters. The van der Waals surface area contributed by atoms with E-state index in [1.165, 1.54) is 19.2 Å². The van der Waals surface area contributed by atoms with Gasteiger partial charge in [0.25, 0.3) is 0 Å². The first-order chi connectivity index (χ1) is 11.7. The number of nitrogens with one attached hydrogen (secondary N) is 1. The van der Waals surface area contributed by atoms with Gasteiger partial charge in [0.15, 0.2) is 0 Å². The molecular formula is C16H14BrCl2NO4S. The fourth-order valence-electron chi connectivity index (χ4n) is 2.16. The highest BCUT2D eigenvalue weighted by Crippen LogP contribution is 2.31. The standard InChI is InChI=1S/C16H14BrCl2NO4S/c1-24-15(21)9-14(10-5-7-11(17)8-6-10)20-25(22,23)16-12(18)3-2-4-13(16)19/h2-8,14,20H,9H2,1H3. The van der Waals surface area contributed by atoms with Gasteiger partial charge in [-0.2, -0.15) is 0 Å². The average Bonchev–Trinajstić information content (AvgIpc) is 2.54. The summed E-state index contributed by atoms with van der Waals surface area (Å²) in [6.45, 7) is 0. The number of carbonyl (C=O) groups is 1. The molecule has 0 bridgehead atoms. The van der Waals surface area contributed by atoms with Crippen LogP contribution in [0.5, 0.6) is 0 Å². The number of hydrogen-bond donors (Lipinski definition) is 1. The summed E-state index contributed by atoms with van der Waals surface area (Å²) in [6.07, 6.45) is -0.181. The number of hydrogen-bond acceptors (Lipinski definition) is 4. The SMILES string of the molecule is COC(=O)CC(NS(=O)(=O)c1c(Cl)cccc1Cl)c1ccc(Br)cc1. The summed E-state index contributed by atoms with van der Waals surface area (Å²) < 4.78 is 33.5. The van der Waals surface area contributed by atoms with Crippen LogP contribution in [0.4, 0.5) is 0 Å². The van der Waals surface area contributed by atoms with Crippen molar-refractivity contribution in [2.45, 2.75) is 17.4 Å². The molecule has 2 rings (SSSR count). The minimum absolute atomic E-state index is 0.00683. The Morgan fingerprint density at radius 1 is 1.16 bits per heavy atom. The van der Waals surface area contributed by atoms with Gasteiger partial charge in [0, 0.05) is 4.47 Å². The molecule has 2 aromatic rings. The van der Waals surface area contributed by atoms with Crippen molar-refractivity contribution in [3.05, 3.63) is 62.5 Å². The number of ether oxygens (including phenoxy) is 1. The van der Waals surface area contributed by atoms with E-state index in [9.17, 15) is 13.2 Å². The predicted molar refractivity (Wildman–Crippen MR) is 100 cm³/mol. The minimum Gasteiger partial charge on any atom is -0.469 e. The molecule has 0 saturated heterocycles. The van der Waals surface area contributed by atoms with Gasteiger partial charge in [-0.1, -0.05) is 57.3 Å². The zero-order valence-corrected chi connectivity index (χ0v) is 16.9. The Balaban J connectivity index is 2.41. The van der Waals surface area contributed by atoms with Gasteiger partial charge < -0.3 is 4.74 Å². The molecule has 9 heteroatoms. The molecule has 0 aliphatic carbocycles. The molecule has 25 heavy (non-hydrogen) atoms. The molecule has 1 N–H and O–H groups in total. The van der Waals surface area contributed by atoms with E-state index in [-0.39, 0.29) is 21.4 Å². The van der Waals surface area contributed by atoms with Crippen LogP contribution in [0.25, 0.3) is 0 Å². The van der Waals surface area contributed by atoms with Crippen molar-refractivity contribution in [1.29, 1.82) is 0 Å². The number of sulfonamides is 1. The lowest BCUT2D eigenvalue weighted by atomic mass is 10.1. The first kappa shape index (κ1) is 20.2. The van der Waals surface area contributed by atoms with Crippen LogP contribution in [0.1, 0.15) is 18.0 Å². The Bertz CT molecular complexity index is 852. The predicted octanol–water partition coefficient (Wildman–Crippen LogP) is 4.34. The molecule has 0 radical (unpaired) electrons. The van der Waals surface area contributed by atoms with Gasteiger partial charge in [0.05, 0.1) is 29.6 Å². The third-order valence-corrected chi connectivity index (χ3v) is 6.31. The number of methoxy groups -OCH3 is 1. The number of halogens is 3. The van der Waals surface area contributed by atoms with E-state index in [2.05, 4.69) is 25.4 Å². The molecule has 1 unspecified atom stereocenters. The zero-order valence-electron chi connectivity index (χ0n) is 13.0. The Hall–Kier alpha value is -1.12. The summed E-state index contributed by atoms with van der Waals surface area (Å²) in [5.41, 5.74) is 0.598. The molecule has 0 amide bonds.